The second kappa shape index (κ2) is 7.61. The molecule has 6 nitrogen and oxygen atoms in total. The van der Waals surface area contributed by atoms with Gasteiger partial charge in [-0.15, -0.1) is 21.5 Å². The Kier molecular flexibility index (Phi) is 5.05. The van der Waals surface area contributed by atoms with Gasteiger partial charge < -0.3 is 9.30 Å². The summed E-state index contributed by atoms with van der Waals surface area (Å²) >= 11 is 1.46. The fraction of sp³-hybridized carbons (Fsp3) is 0.389. The summed E-state index contributed by atoms with van der Waals surface area (Å²) in [5.41, 5.74) is 1.48. The number of hydrogen-bond donors (Lipinski definition) is 0. The van der Waals surface area contributed by atoms with E-state index in [1.54, 1.807) is 12.1 Å². The fourth-order valence-electron chi connectivity index (χ4n) is 3.07. The van der Waals surface area contributed by atoms with Crippen molar-refractivity contribution in [2.24, 2.45) is 0 Å². The zero-order valence-corrected chi connectivity index (χ0v) is 15.4. The van der Waals surface area contributed by atoms with Crippen LogP contribution in [0, 0.1) is 5.82 Å². The number of rotatable bonds is 5. The van der Waals surface area contributed by atoms with Crippen LogP contribution in [0.15, 0.2) is 29.6 Å². The molecule has 0 aliphatic carbocycles. The molecule has 0 fully saturated rings. The van der Waals surface area contributed by atoms with Crippen LogP contribution in [0.3, 0.4) is 0 Å². The average Bonchev–Trinajstić information content (AvgIpc) is 3.15. The first kappa shape index (κ1) is 17.3. The second-order valence-electron chi connectivity index (χ2n) is 6.34. The molecule has 0 atom stereocenters. The molecule has 0 saturated heterocycles. The number of halogens is 1. The van der Waals surface area contributed by atoms with Crippen LogP contribution in [0.1, 0.15) is 17.3 Å². The van der Waals surface area contributed by atoms with Crippen LogP contribution in [-0.2, 0) is 30.8 Å². The molecule has 4 rings (SSSR count). The summed E-state index contributed by atoms with van der Waals surface area (Å²) in [6.07, 6.45) is 0.800. The molecule has 0 N–H and O–H groups in total. The third-order valence-corrected chi connectivity index (χ3v) is 5.26. The zero-order chi connectivity index (χ0) is 17.9. The molecule has 0 saturated carbocycles. The Labute approximate surface area is 155 Å². The number of fused-ring (bicyclic) bond motifs is 1. The summed E-state index contributed by atoms with van der Waals surface area (Å²) in [5.74, 6) is 1.69. The molecule has 0 amide bonds. The van der Waals surface area contributed by atoms with E-state index in [1.165, 1.54) is 17.4 Å². The molecule has 26 heavy (non-hydrogen) atoms. The zero-order valence-electron chi connectivity index (χ0n) is 14.6. The van der Waals surface area contributed by atoms with Gasteiger partial charge in [0.15, 0.2) is 0 Å². The normalized spacial score (nSPS) is 14.4. The maximum absolute atomic E-state index is 13.9. The standard InChI is InChI=1S/C18H20FN5OS/c1-23(11-17-22-21-16-6-8-25-9-7-24(16)17)10-13-12-26-18(20-13)14-4-2-3-5-15(14)19/h2-5,12H,6-11H2,1H3. The lowest BCUT2D eigenvalue weighted by Crippen LogP contribution is -2.21. The molecule has 3 aromatic rings. The Balaban J connectivity index is 1.44. The van der Waals surface area contributed by atoms with E-state index < -0.39 is 0 Å². The number of ether oxygens (including phenoxy) is 1. The Bertz CT molecular complexity index is 893. The Morgan fingerprint density at radius 1 is 1.23 bits per heavy atom. The third kappa shape index (κ3) is 3.67. The van der Waals surface area contributed by atoms with Gasteiger partial charge in [0.1, 0.15) is 22.5 Å². The molecule has 0 radical (unpaired) electrons. The van der Waals surface area contributed by atoms with Crippen LogP contribution >= 0.6 is 11.3 Å². The van der Waals surface area contributed by atoms with Crippen molar-refractivity contribution in [3.05, 3.63) is 52.8 Å². The number of hydrogen-bond acceptors (Lipinski definition) is 6. The molecule has 0 spiro atoms. The maximum atomic E-state index is 13.9. The van der Waals surface area contributed by atoms with Gasteiger partial charge in [-0.05, 0) is 19.2 Å². The van der Waals surface area contributed by atoms with Crippen molar-refractivity contribution in [3.8, 4) is 10.6 Å². The summed E-state index contributed by atoms with van der Waals surface area (Å²) in [7, 11) is 2.02. The van der Waals surface area contributed by atoms with Crippen molar-refractivity contribution >= 4 is 11.3 Å². The minimum Gasteiger partial charge on any atom is -0.379 e. The molecule has 2 aromatic heterocycles. The smallest absolute Gasteiger partial charge is 0.147 e. The van der Waals surface area contributed by atoms with E-state index in [0.717, 1.165) is 30.3 Å². The molecule has 136 valence electrons. The highest BCUT2D eigenvalue weighted by atomic mass is 32.1. The summed E-state index contributed by atoms with van der Waals surface area (Å²) in [6, 6.07) is 6.73. The third-order valence-electron chi connectivity index (χ3n) is 4.33. The van der Waals surface area contributed by atoms with E-state index in [4.69, 9.17) is 4.74 Å². The van der Waals surface area contributed by atoms with Crippen LogP contribution < -0.4 is 0 Å². The summed E-state index contributed by atoms with van der Waals surface area (Å²) < 4.78 is 21.6. The molecule has 0 unspecified atom stereocenters. The monoisotopic (exact) mass is 373 g/mol. The Morgan fingerprint density at radius 3 is 3.00 bits per heavy atom. The van der Waals surface area contributed by atoms with Crippen LogP contribution in [-0.4, -0.2) is 44.9 Å². The predicted octanol–water partition coefficient (Wildman–Crippen LogP) is 2.75. The number of thiazole rings is 1. The van der Waals surface area contributed by atoms with Gasteiger partial charge >= 0.3 is 0 Å². The molecule has 3 heterocycles. The van der Waals surface area contributed by atoms with Crippen molar-refractivity contribution < 1.29 is 9.13 Å². The van der Waals surface area contributed by atoms with Gasteiger partial charge in [-0.2, -0.15) is 0 Å². The number of benzene rings is 1. The van der Waals surface area contributed by atoms with Gasteiger partial charge in [0.05, 0.1) is 25.5 Å². The van der Waals surface area contributed by atoms with E-state index in [1.807, 2.05) is 18.5 Å². The summed E-state index contributed by atoms with van der Waals surface area (Å²) in [6.45, 7) is 3.54. The van der Waals surface area contributed by atoms with Crippen LogP contribution in [0.4, 0.5) is 4.39 Å². The number of nitrogens with zero attached hydrogens (tertiary/aromatic N) is 5. The van der Waals surface area contributed by atoms with Gasteiger partial charge in [0.2, 0.25) is 0 Å². The van der Waals surface area contributed by atoms with Crippen LogP contribution in [0.25, 0.3) is 10.6 Å². The maximum Gasteiger partial charge on any atom is 0.147 e. The second-order valence-corrected chi connectivity index (χ2v) is 7.20. The molecular weight excluding hydrogens is 353 g/mol. The van der Waals surface area contributed by atoms with Crippen LogP contribution in [0.5, 0.6) is 0 Å². The molecule has 0 bridgehead atoms. The van der Waals surface area contributed by atoms with Crippen LogP contribution in [0.2, 0.25) is 0 Å². The first-order valence-electron chi connectivity index (χ1n) is 8.57. The molecule has 1 aliphatic heterocycles. The van der Waals surface area contributed by atoms with Gasteiger partial charge in [-0.1, -0.05) is 12.1 Å². The Hall–Kier alpha value is -2.16. The van der Waals surface area contributed by atoms with E-state index >= 15 is 0 Å². The van der Waals surface area contributed by atoms with Gasteiger partial charge in [0, 0.05) is 30.5 Å². The van der Waals surface area contributed by atoms with E-state index in [-0.39, 0.29) is 5.82 Å². The molecular formula is C18H20FN5OS. The Morgan fingerprint density at radius 2 is 2.12 bits per heavy atom. The molecule has 8 heteroatoms. The van der Waals surface area contributed by atoms with Crippen molar-refractivity contribution in [1.29, 1.82) is 0 Å². The summed E-state index contributed by atoms with van der Waals surface area (Å²) in [4.78, 5) is 6.73. The van der Waals surface area contributed by atoms with Gasteiger partial charge in [-0.25, -0.2) is 9.37 Å². The lowest BCUT2D eigenvalue weighted by molar-refractivity contribution is 0.139. The summed E-state index contributed by atoms with van der Waals surface area (Å²) in [5, 5.41) is 11.3. The average molecular weight is 373 g/mol. The predicted molar refractivity (Wildman–Crippen MR) is 97.2 cm³/mol. The minimum atomic E-state index is -0.241. The number of aromatic nitrogens is 4. The highest BCUT2D eigenvalue weighted by molar-refractivity contribution is 7.13. The fourth-order valence-corrected chi connectivity index (χ4v) is 3.90. The highest BCUT2D eigenvalue weighted by Gasteiger charge is 2.17. The van der Waals surface area contributed by atoms with E-state index in [0.29, 0.717) is 36.9 Å². The highest BCUT2D eigenvalue weighted by Crippen LogP contribution is 2.26. The van der Waals surface area contributed by atoms with Crippen molar-refractivity contribution in [2.45, 2.75) is 26.1 Å². The molecule has 1 aromatic carbocycles. The van der Waals surface area contributed by atoms with Crippen molar-refractivity contribution in [3.63, 3.8) is 0 Å². The van der Waals surface area contributed by atoms with Crippen molar-refractivity contribution in [2.75, 3.05) is 20.3 Å². The van der Waals surface area contributed by atoms with E-state index in [2.05, 4.69) is 24.6 Å². The molecule has 1 aliphatic rings. The lowest BCUT2D eigenvalue weighted by Gasteiger charge is -2.15. The largest absolute Gasteiger partial charge is 0.379 e. The first-order valence-corrected chi connectivity index (χ1v) is 9.45. The topological polar surface area (TPSA) is 56.1 Å². The minimum absolute atomic E-state index is 0.241. The van der Waals surface area contributed by atoms with Crippen molar-refractivity contribution in [1.82, 2.24) is 24.6 Å². The lowest BCUT2D eigenvalue weighted by atomic mass is 10.2. The quantitative estimate of drug-likeness (QED) is 0.688. The SMILES string of the molecule is CN(Cc1csc(-c2ccccc2F)n1)Cc1nnc2n1CCOCC2. The first-order chi connectivity index (χ1) is 12.7. The van der Waals surface area contributed by atoms with Gasteiger partial charge in [0.25, 0.3) is 0 Å². The van der Waals surface area contributed by atoms with E-state index in [9.17, 15) is 4.39 Å². The van der Waals surface area contributed by atoms with Gasteiger partial charge in [-0.3, -0.25) is 4.90 Å².